The zero-order chi connectivity index (χ0) is 45.2. The van der Waals surface area contributed by atoms with E-state index in [0.717, 1.165) is 110 Å². The highest BCUT2D eigenvalue weighted by Crippen LogP contribution is 2.51. The van der Waals surface area contributed by atoms with E-state index in [4.69, 9.17) is 24.9 Å². The van der Waals surface area contributed by atoms with Crippen LogP contribution in [0.5, 0.6) is 0 Å². The molecule has 9 heterocycles. The molecule has 0 saturated carbocycles. The molecule has 5 aromatic carbocycles. The second-order valence-corrected chi connectivity index (χ2v) is 17.3. The maximum Gasteiger partial charge on any atom is 0.145 e. The smallest absolute Gasteiger partial charge is 0.145 e. The van der Waals surface area contributed by atoms with E-state index in [1.54, 1.807) is 0 Å². The van der Waals surface area contributed by atoms with E-state index < -0.39 is 0 Å². The summed E-state index contributed by atoms with van der Waals surface area (Å²) in [7, 11) is 0. The van der Waals surface area contributed by atoms with Crippen LogP contribution in [0.2, 0.25) is 0 Å². The van der Waals surface area contributed by atoms with Crippen molar-refractivity contribution in [2.75, 3.05) is 0 Å². The van der Waals surface area contributed by atoms with E-state index in [1.165, 1.54) is 0 Å². The number of aryl methyl sites for hydroxylation is 2. The van der Waals surface area contributed by atoms with E-state index in [1.807, 2.05) is 56.0 Å². The third kappa shape index (κ3) is 5.07. The highest BCUT2D eigenvalue weighted by atomic mass is 15.2. The highest BCUT2D eigenvalue weighted by molar-refractivity contribution is 6.16. The van der Waals surface area contributed by atoms with Crippen LogP contribution in [0, 0.1) is 25.2 Å². The summed E-state index contributed by atoms with van der Waals surface area (Å²) in [4.78, 5) is 26.0. The minimum atomic E-state index is 0.413. The zero-order valence-corrected chi connectivity index (χ0v) is 36.8. The van der Waals surface area contributed by atoms with Gasteiger partial charge >= 0.3 is 0 Å². The summed E-state index contributed by atoms with van der Waals surface area (Å²) in [6, 6.07) is 57.2. The minimum Gasteiger partial charge on any atom is -0.292 e. The van der Waals surface area contributed by atoms with Crippen molar-refractivity contribution in [3.8, 4) is 39.9 Å². The third-order valence-electron chi connectivity index (χ3n) is 13.6. The van der Waals surface area contributed by atoms with Gasteiger partial charge in [0, 0.05) is 90.4 Å². The number of nitrogens with zero attached hydrogens (tertiary/aromatic N) is 10. The lowest BCUT2D eigenvalue weighted by Gasteiger charge is -2.29. The molecule has 10 nitrogen and oxygen atoms in total. The van der Waals surface area contributed by atoms with Crippen LogP contribution < -0.4 is 0 Å². The van der Waals surface area contributed by atoms with Gasteiger partial charge in [0.15, 0.2) is 0 Å². The summed E-state index contributed by atoms with van der Waals surface area (Å²) in [5.74, 6) is 0. The maximum absolute atomic E-state index is 12.5. The zero-order valence-electron chi connectivity index (χ0n) is 36.8. The molecule has 68 heavy (non-hydrogen) atoms. The van der Waals surface area contributed by atoms with Crippen LogP contribution in [0.4, 0.5) is 0 Å². The van der Waals surface area contributed by atoms with Crippen LogP contribution in [0.25, 0.3) is 122 Å². The topological polar surface area (TPSA) is 108 Å². The molecule has 0 radical (unpaired) electrons. The fourth-order valence-corrected chi connectivity index (χ4v) is 11.0. The second kappa shape index (κ2) is 14.3. The molecule has 0 aliphatic heterocycles. The lowest BCUT2D eigenvalue weighted by atomic mass is 9.92. The van der Waals surface area contributed by atoms with Crippen LogP contribution in [0.3, 0.4) is 0 Å². The molecule has 9 aromatic heterocycles. The number of pyridine rings is 5. The number of nitriles is 1. The van der Waals surface area contributed by atoms with Crippen molar-refractivity contribution in [2.45, 2.75) is 13.8 Å². The van der Waals surface area contributed by atoms with Gasteiger partial charge in [0.1, 0.15) is 34.2 Å². The van der Waals surface area contributed by atoms with Gasteiger partial charge in [-0.05, 0) is 92.7 Å². The van der Waals surface area contributed by atoms with Crippen LogP contribution in [0.1, 0.15) is 17.0 Å². The van der Waals surface area contributed by atoms with Crippen LogP contribution in [-0.2, 0) is 0 Å². The molecule has 0 spiro atoms. The second-order valence-electron chi connectivity index (χ2n) is 17.3. The van der Waals surface area contributed by atoms with Gasteiger partial charge in [0.25, 0.3) is 0 Å². The standard InChI is InChI=1S/C58H36N10/c1-34-27-28-36(35(2)64-34)50-51(65-46-23-7-3-15-37(46)41-19-11-29-60-55(41)65)45(33-59)52(66-47-24-8-4-16-38(47)42-20-12-30-61-56(42)66)54(68-49-26-10-6-18-40(49)44-22-14-32-63-58(44)68)53(50)67-48-25-9-5-17-39(48)43-21-13-31-62-57(43)67/h3-32H,1-2H3. The number of fused-ring (bicyclic) bond motifs is 12. The normalized spacial score (nSPS) is 12.0. The van der Waals surface area contributed by atoms with Gasteiger partial charge in [-0.25, -0.2) is 19.9 Å². The van der Waals surface area contributed by atoms with E-state index in [9.17, 15) is 5.26 Å². The van der Waals surface area contributed by atoms with Crippen molar-refractivity contribution in [2.24, 2.45) is 0 Å². The Morgan fingerprint density at radius 3 is 1.12 bits per heavy atom. The summed E-state index contributed by atoms with van der Waals surface area (Å²) < 4.78 is 8.95. The Morgan fingerprint density at radius 2 is 0.721 bits per heavy atom. The molecule has 0 saturated heterocycles. The third-order valence-corrected chi connectivity index (χ3v) is 13.6. The fraction of sp³-hybridized carbons (Fsp3) is 0.0345. The Bertz CT molecular complexity index is 4290. The molecular formula is C58H36N10. The molecule has 0 N–H and O–H groups in total. The first-order valence-corrected chi connectivity index (χ1v) is 22.6. The van der Waals surface area contributed by atoms with Crippen LogP contribution >= 0.6 is 0 Å². The SMILES string of the molecule is Cc1ccc(-c2c(-n3c4ccccc4c4cccnc43)c(C#N)c(-n3c4ccccc4c4cccnc43)c(-n3c4ccccc4c4cccnc43)c2-n2c3ccccc3c3cccnc32)c(C)n1. The summed E-state index contributed by atoms with van der Waals surface area (Å²) in [5.41, 5.74) is 13.1. The first-order chi connectivity index (χ1) is 33.6. The van der Waals surface area contributed by atoms with Gasteiger partial charge in [-0.15, -0.1) is 0 Å². The quantitative estimate of drug-likeness (QED) is 0.170. The first-order valence-electron chi connectivity index (χ1n) is 22.6. The maximum atomic E-state index is 12.5. The molecule has 14 rings (SSSR count). The summed E-state index contributed by atoms with van der Waals surface area (Å²) in [6.45, 7) is 4.07. The molecule has 318 valence electrons. The Hall–Kier alpha value is -9.46. The average molecular weight is 873 g/mol. The predicted molar refractivity (Wildman–Crippen MR) is 272 cm³/mol. The van der Waals surface area contributed by atoms with E-state index in [0.29, 0.717) is 28.2 Å². The Balaban J connectivity index is 1.38. The number of hydrogen-bond donors (Lipinski definition) is 0. The molecule has 0 aliphatic carbocycles. The fourth-order valence-electron chi connectivity index (χ4n) is 11.0. The predicted octanol–water partition coefficient (Wildman–Crippen LogP) is 13.2. The number of aromatic nitrogens is 9. The molecule has 0 unspecified atom stereocenters. The molecule has 0 aliphatic rings. The molecule has 0 amide bonds. The van der Waals surface area contributed by atoms with Crippen LogP contribution in [0.15, 0.2) is 183 Å². The van der Waals surface area contributed by atoms with Crippen molar-refractivity contribution >= 4 is 87.7 Å². The molecular weight excluding hydrogens is 837 g/mol. The van der Waals surface area contributed by atoms with Gasteiger partial charge in [0.05, 0.1) is 44.8 Å². The Kier molecular flexibility index (Phi) is 7.95. The van der Waals surface area contributed by atoms with Crippen molar-refractivity contribution in [1.29, 1.82) is 5.26 Å². The first kappa shape index (κ1) is 37.9. The van der Waals surface area contributed by atoms with Crippen molar-refractivity contribution < 1.29 is 0 Å². The van der Waals surface area contributed by atoms with Gasteiger partial charge < -0.3 is 0 Å². The van der Waals surface area contributed by atoms with E-state index in [2.05, 4.69) is 165 Å². The number of para-hydroxylation sites is 4. The largest absolute Gasteiger partial charge is 0.292 e. The number of rotatable bonds is 5. The summed E-state index contributed by atoms with van der Waals surface area (Å²) >= 11 is 0. The monoisotopic (exact) mass is 872 g/mol. The van der Waals surface area contributed by atoms with E-state index >= 15 is 0 Å². The highest BCUT2D eigenvalue weighted by Gasteiger charge is 2.36. The van der Waals surface area contributed by atoms with Gasteiger partial charge in [-0.1, -0.05) is 78.9 Å². The van der Waals surface area contributed by atoms with Crippen LogP contribution in [-0.4, -0.2) is 43.2 Å². The van der Waals surface area contributed by atoms with E-state index in [-0.39, 0.29) is 0 Å². The molecule has 0 bridgehead atoms. The van der Waals surface area contributed by atoms with Gasteiger partial charge in [-0.3, -0.25) is 23.3 Å². The molecule has 0 fully saturated rings. The summed E-state index contributed by atoms with van der Waals surface area (Å²) in [5, 5.41) is 20.5. The van der Waals surface area contributed by atoms with Crippen molar-refractivity contribution in [3.63, 3.8) is 0 Å². The molecule has 0 atom stereocenters. The average Bonchev–Trinajstić information content (AvgIpc) is 4.11. The lowest BCUT2D eigenvalue weighted by molar-refractivity contribution is 1.00. The van der Waals surface area contributed by atoms with Gasteiger partial charge in [0.2, 0.25) is 0 Å². The van der Waals surface area contributed by atoms with Crippen molar-refractivity contribution in [1.82, 2.24) is 43.2 Å². The lowest BCUT2D eigenvalue weighted by Crippen LogP contribution is -2.17. The number of benzene rings is 5. The molecule has 14 aromatic rings. The van der Waals surface area contributed by atoms with Crippen molar-refractivity contribution in [3.05, 3.63) is 199 Å². The molecule has 10 heteroatoms. The summed E-state index contributed by atoms with van der Waals surface area (Å²) in [6.07, 6.45) is 7.36. The Morgan fingerprint density at radius 1 is 0.368 bits per heavy atom. The number of hydrogen-bond acceptors (Lipinski definition) is 6. The van der Waals surface area contributed by atoms with Gasteiger partial charge in [-0.2, -0.15) is 5.26 Å². The minimum absolute atomic E-state index is 0.413. The Labute approximate surface area is 387 Å².